The van der Waals surface area contributed by atoms with Gasteiger partial charge in [0.05, 0.1) is 11.7 Å². The molecule has 20 heavy (non-hydrogen) atoms. The Hall–Kier alpha value is -2.69. The molecule has 0 spiro atoms. The van der Waals surface area contributed by atoms with Gasteiger partial charge in [0, 0.05) is 12.4 Å². The lowest BCUT2D eigenvalue weighted by Crippen LogP contribution is -1.99. The van der Waals surface area contributed by atoms with Gasteiger partial charge in [-0.2, -0.15) is 5.10 Å². The average molecular weight is 267 g/mol. The highest BCUT2D eigenvalue weighted by molar-refractivity contribution is 5.81. The molecule has 2 heterocycles. The van der Waals surface area contributed by atoms with Gasteiger partial charge in [0.15, 0.2) is 6.29 Å². The maximum atomic E-state index is 10.5. The first-order valence-corrected chi connectivity index (χ1v) is 6.22. The Morgan fingerprint density at radius 2 is 2.10 bits per heavy atom. The minimum Gasteiger partial charge on any atom is -0.486 e. The SMILES string of the molecule is Cn1nc(COc2ccc(C=O)nc2)c2ccccc21. The Kier molecular flexibility index (Phi) is 3.16. The van der Waals surface area contributed by atoms with E-state index < -0.39 is 0 Å². The Labute approximate surface area is 115 Å². The van der Waals surface area contributed by atoms with E-state index in [1.54, 1.807) is 12.1 Å². The highest BCUT2D eigenvalue weighted by Crippen LogP contribution is 2.19. The lowest BCUT2D eigenvalue weighted by atomic mass is 10.2. The van der Waals surface area contributed by atoms with E-state index in [1.807, 2.05) is 36.0 Å². The van der Waals surface area contributed by atoms with Crippen molar-refractivity contribution < 1.29 is 9.53 Å². The number of ether oxygens (including phenoxy) is 1. The fraction of sp³-hybridized carbons (Fsp3) is 0.133. The maximum Gasteiger partial charge on any atom is 0.168 e. The molecular formula is C15H13N3O2. The van der Waals surface area contributed by atoms with E-state index in [0.29, 0.717) is 24.3 Å². The van der Waals surface area contributed by atoms with E-state index in [1.165, 1.54) is 6.20 Å². The van der Waals surface area contributed by atoms with Gasteiger partial charge in [-0.25, -0.2) is 4.98 Å². The zero-order valence-electron chi connectivity index (χ0n) is 11.0. The number of benzene rings is 1. The number of carbonyl (C=O) groups is 1. The summed E-state index contributed by atoms with van der Waals surface area (Å²) in [4.78, 5) is 14.5. The Morgan fingerprint density at radius 3 is 2.85 bits per heavy atom. The van der Waals surface area contributed by atoms with Gasteiger partial charge in [0.2, 0.25) is 0 Å². The van der Waals surface area contributed by atoms with Crippen LogP contribution in [0.4, 0.5) is 0 Å². The molecule has 0 unspecified atom stereocenters. The number of rotatable bonds is 4. The third kappa shape index (κ3) is 2.25. The van der Waals surface area contributed by atoms with Crippen LogP contribution in [-0.2, 0) is 13.7 Å². The number of pyridine rings is 1. The van der Waals surface area contributed by atoms with E-state index in [0.717, 1.165) is 16.6 Å². The Bertz CT molecular complexity index is 747. The van der Waals surface area contributed by atoms with E-state index >= 15 is 0 Å². The number of para-hydroxylation sites is 1. The molecule has 5 nitrogen and oxygen atoms in total. The molecule has 0 aliphatic rings. The molecule has 0 fully saturated rings. The number of hydrogen-bond acceptors (Lipinski definition) is 4. The van der Waals surface area contributed by atoms with Gasteiger partial charge < -0.3 is 4.74 Å². The van der Waals surface area contributed by atoms with E-state index in [-0.39, 0.29) is 0 Å². The second-order valence-electron chi connectivity index (χ2n) is 4.41. The second kappa shape index (κ2) is 5.13. The van der Waals surface area contributed by atoms with E-state index in [2.05, 4.69) is 10.1 Å². The fourth-order valence-electron chi connectivity index (χ4n) is 2.09. The van der Waals surface area contributed by atoms with Crippen LogP contribution in [-0.4, -0.2) is 21.1 Å². The standard InChI is InChI=1S/C15H13N3O2/c1-18-15-5-3-2-4-13(15)14(17-18)10-20-12-7-6-11(9-19)16-8-12/h2-9H,10H2,1H3. The first-order chi connectivity index (χ1) is 9.78. The fourth-order valence-corrected chi connectivity index (χ4v) is 2.09. The maximum absolute atomic E-state index is 10.5. The van der Waals surface area contributed by atoms with Crippen LogP contribution in [0.2, 0.25) is 0 Å². The molecule has 0 bridgehead atoms. The van der Waals surface area contributed by atoms with Crippen LogP contribution in [0.1, 0.15) is 16.2 Å². The monoisotopic (exact) mass is 267 g/mol. The van der Waals surface area contributed by atoms with Crippen LogP contribution in [0.5, 0.6) is 5.75 Å². The van der Waals surface area contributed by atoms with Crippen molar-refractivity contribution in [1.82, 2.24) is 14.8 Å². The third-order valence-corrected chi connectivity index (χ3v) is 3.09. The number of nitrogens with zero attached hydrogens (tertiary/aromatic N) is 3. The number of aldehydes is 1. The van der Waals surface area contributed by atoms with Crippen molar-refractivity contribution in [1.29, 1.82) is 0 Å². The van der Waals surface area contributed by atoms with Gasteiger partial charge in [0.1, 0.15) is 23.7 Å². The first kappa shape index (κ1) is 12.3. The summed E-state index contributed by atoms with van der Waals surface area (Å²) in [6.07, 6.45) is 2.24. The van der Waals surface area contributed by atoms with Crippen molar-refractivity contribution in [2.75, 3.05) is 0 Å². The largest absolute Gasteiger partial charge is 0.486 e. The molecule has 0 saturated carbocycles. The van der Waals surface area contributed by atoms with Crippen molar-refractivity contribution in [2.24, 2.45) is 7.05 Å². The van der Waals surface area contributed by atoms with Crippen LogP contribution in [0.3, 0.4) is 0 Å². The minimum atomic E-state index is 0.365. The molecule has 3 rings (SSSR count). The van der Waals surface area contributed by atoms with Crippen LogP contribution >= 0.6 is 0 Å². The lowest BCUT2D eigenvalue weighted by molar-refractivity contribution is 0.111. The van der Waals surface area contributed by atoms with Crippen LogP contribution in [0.25, 0.3) is 10.9 Å². The smallest absolute Gasteiger partial charge is 0.168 e. The second-order valence-corrected chi connectivity index (χ2v) is 4.41. The van der Waals surface area contributed by atoms with Crippen molar-refractivity contribution >= 4 is 17.2 Å². The summed E-state index contributed by atoms with van der Waals surface area (Å²) in [5, 5.41) is 5.53. The molecule has 5 heteroatoms. The molecule has 0 aliphatic heterocycles. The van der Waals surface area contributed by atoms with Crippen LogP contribution < -0.4 is 4.74 Å². The minimum absolute atomic E-state index is 0.365. The number of hydrogen-bond donors (Lipinski definition) is 0. The van der Waals surface area contributed by atoms with E-state index in [4.69, 9.17) is 4.74 Å². The van der Waals surface area contributed by atoms with Crippen LogP contribution in [0, 0.1) is 0 Å². The lowest BCUT2D eigenvalue weighted by Gasteiger charge is -2.03. The van der Waals surface area contributed by atoms with Gasteiger partial charge in [-0.05, 0) is 18.2 Å². The number of aryl methyl sites for hydroxylation is 1. The first-order valence-electron chi connectivity index (χ1n) is 6.22. The molecule has 100 valence electrons. The molecular weight excluding hydrogens is 254 g/mol. The van der Waals surface area contributed by atoms with Gasteiger partial charge in [-0.1, -0.05) is 18.2 Å². The van der Waals surface area contributed by atoms with Crippen molar-refractivity contribution in [3.63, 3.8) is 0 Å². The Balaban J connectivity index is 1.81. The summed E-state index contributed by atoms with van der Waals surface area (Å²) in [6.45, 7) is 0.365. The summed E-state index contributed by atoms with van der Waals surface area (Å²) in [5.74, 6) is 0.616. The van der Waals surface area contributed by atoms with Crippen molar-refractivity contribution in [2.45, 2.75) is 6.61 Å². The number of carbonyl (C=O) groups excluding carboxylic acids is 1. The van der Waals surface area contributed by atoms with Gasteiger partial charge in [-0.15, -0.1) is 0 Å². The molecule has 0 amide bonds. The summed E-state index contributed by atoms with van der Waals surface area (Å²) in [5.41, 5.74) is 2.34. The number of fused-ring (bicyclic) bond motifs is 1. The molecule has 3 aromatic rings. The van der Waals surface area contributed by atoms with Crippen LogP contribution in [0.15, 0.2) is 42.6 Å². The zero-order chi connectivity index (χ0) is 13.9. The van der Waals surface area contributed by atoms with Gasteiger partial charge in [-0.3, -0.25) is 9.48 Å². The van der Waals surface area contributed by atoms with Gasteiger partial charge in [0.25, 0.3) is 0 Å². The summed E-state index contributed by atoms with van der Waals surface area (Å²) in [7, 11) is 1.91. The molecule has 0 N–H and O–H groups in total. The summed E-state index contributed by atoms with van der Waals surface area (Å²) in [6, 6.07) is 11.4. The number of aromatic nitrogens is 3. The predicted molar refractivity (Wildman–Crippen MR) is 74.7 cm³/mol. The highest BCUT2D eigenvalue weighted by atomic mass is 16.5. The normalized spacial score (nSPS) is 10.7. The molecule has 0 aliphatic carbocycles. The zero-order valence-corrected chi connectivity index (χ0v) is 11.0. The molecule has 2 aromatic heterocycles. The van der Waals surface area contributed by atoms with Crippen molar-refractivity contribution in [3.8, 4) is 5.75 Å². The third-order valence-electron chi connectivity index (χ3n) is 3.09. The summed E-state index contributed by atoms with van der Waals surface area (Å²) >= 11 is 0. The quantitative estimate of drug-likeness (QED) is 0.681. The molecule has 1 aromatic carbocycles. The van der Waals surface area contributed by atoms with Crippen molar-refractivity contribution in [3.05, 3.63) is 54.0 Å². The molecule has 0 atom stereocenters. The average Bonchev–Trinajstić information content (AvgIpc) is 2.83. The predicted octanol–water partition coefficient (Wildman–Crippen LogP) is 2.36. The highest BCUT2D eigenvalue weighted by Gasteiger charge is 2.08. The molecule has 0 radical (unpaired) electrons. The van der Waals surface area contributed by atoms with Gasteiger partial charge >= 0.3 is 0 Å². The molecule has 0 saturated heterocycles. The van der Waals surface area contributed by atoms with E-state index in [9.17, 15) is 4.79 Å². The Morgan fingerprint density at radius 1 is 1.25 bits per heavy atom. The topological polar surface area (TPSA) is 57.0 Å². The summed E-state index contributed by atoms with van der Waals surface area (Å²) < 4.78 is 7.49.